The van der Waals surface area contributed by atoms with Crippen LogP contribution in [0.5, 0.6) is 0 Å². The van der Waals surface area contributed by atoms with Gasteiger partial charge in [0.15, 0.2) is 0 Å². The zero-order valence-corrected chi connectivity index (χ0v) is 14.7. The van der Waals surface area contributed by atoms with Crippen LogP contribution < -0.4 is 5.32 Å². The van der Waals surface area contributed by atoms with Crippen LogP contribution in [0.1, 0.15) is 45.2 Å². The highest BCUT2D eigenvalue weighted by atomic mass is 16.5. The molecule has 0 amide bonds. The van der Waals surface area contributed by atoms with Crippen molar-refractivity contribution in [3.63, 3.8) is 0 Å². The summed E-state index contributed by atoms with van der Waals surface area (Å²) < 4.78 is 7.65. The number of benzene rings is 1. The summed E-state index contributed by atoms with van der Waals surface area (Å²) in [7, 11) is 0. The van der Waals surface area contributed by atoms with E-state index in [1.807, 2.05) is 12.1 Å². The van der Waals surface area contributed by atoms with Gasteiger partial charge < -0.3 is 10.1 Å². The minimum atomic E-state index is 0.308. The topological polar surface area (TPSA) is 64.9 Å². The van der Waals surface area contributed by atoms with Gasteiger partial charge >= 0.3 is 0 Å². The van der Waals surface area contributed by atoms with Crippen LogP contribution in [-0.4, -0.2) is 39.5 Å². The number of aromatic nitrogens is 4. The molecule has 0 unspecified atom stereocenters. The lowest BCUT2D eigenvalue weighted by molar-refractivity contribution is -0.0521. The second-order valence-electron chi connectivity index (χ2n) is 6.96. The fourth-order valence-corrected chi connectivity index (χ4v) is 3.46. The molecule has 6 heteroatoms. The van der Waals surface area contributed by atoms with Crippen molar-refractivity contribution in [2.24, 2.45) is 11.8 Å². The standard InChI is InChI=1S/C18H27N5O/c1-13(2)18-16(5-4-10-24-18)11-19-14(3)15-6-8-17(9-7-15)23-12-20-21-22-23/h6-9,12-14,16,18-19H,4-5,10-11H2,1-3H3/t14-,16-,18-/m0/s1. The molecule has 24 heavy (non-hydrogen) atoms. The summed E-state index contributed by atoms with van der Waals surface area (Å²) in [5.41, 5.74) is 2.24. The highest BCUT2D eigenvalue weighted by molar-refractivity contribution is 5.34. The van der Waals surface area contributed by atoms with Crippen LogP contribution in [0, 0.1) is 11.8 Å². The Morgan fingerprint density at radius 2 is 2.04 bits per heavy atom. The first-order valence-corrected chi connectivity index (χ1v) is 8.83. The summed E-state index contributed by atoms with van der Waals surface area (Å²) in [6.45, 7) is 8.63. The summed E-state index contributed by atoms with van der Waals surface area (Å²) >= 11 is 0. The van der Waals surface area contributed by atoms with E-state index in [4.69, 9.17) is 4.74 Å². The maximum absolute atomic E-state index is 5.99. The van der Waals surface area contributed by atoms with Crippen molar-refractivity contribution >= 4 is 0 Å². The maximum Gasteiger partial charge on any atom is 0.143 e. The highest BCUT2D eigenvalue weighted by Crippen LogP contribution is 2.26. The van der Waals surface area contributed by atoms with E-state index in [2.05, 4.69) is 53.7 Å². The van der Waals surface area contributed by atoms with Crippen molar-refractivity contribution < 1.29 is 4.74 Å². The molecule has 0 radical (unpaired) electrons. The Bertz CT molecular complexity index is 611. The molecule has 1 aromatic heterocycles. The SMILES string of the molecule is CC(C)[C@@H]1OCCC[C@H]1CN[C@@H](C)c1ccc(-n2cnnn2)cc1. The van der Waals surface area contributed by atoms with Gasteiger partial charge in [0.05, 0.1) is 11.8 Å². The number of nitrogens with zero attached hydrogens (tertiary/aromatic N) is 4. The van der Waals surface area contributed by atoms with E-state index < -0.39 is 0 Å². The van der Waals surface area contributed by atoms with Crippen LogP contribution in [0.25, 0.3) is 5.69 Å². The van der Waals surface area contributed by atoms with Crippen molar-refractivity contribution in [1.82, 2.24) is 25.5 Å². The molecule has 3 atom stereocenters. The van der Waals surface area contributed by atoms with Crippen molar-refractivity contribution in [3.05, 3.63) is 36.2 Å². The quantitative estimate of drug-likeness (QED) is 0.883. The Labute approximate surface area is 143 Å². The maximum atomic E-state index is 5.99. The van der Waals surface area contributed by atoms with Crippen LogP contribution in [0.2, 0.25) is 0 Å². The molecule has 0 bridgehead atoms. The molecule has 1 aliphatic rings. The van der Waals surface area contributed by atoms with Crippen LogP contribution >= 0.6 is 0 Å². The third-order valence-electron chi connectivity index (χ3n) is 4.84. The average Bonchev–Trinajstić information content (AvgIpc) is 3.14. The number of tetrazole rings is 1. The van der Waals surface area contributed by atoms with Gasteiger partial charge in [0.25, 0.3) is 0 Å². The molecule has 3 rings (SSSR count). The second-order valence-corrected chi connectivity index (χ2v) is 6.96. The number of hydrogen-bond acceptors (Lipinski definition) is 5. The van der Waals surface area contributed by atoms with E-state index >= 15 is 0 Å². The third kappa shape index (κ3) is 3.99. The van der Waals surface area contributed by atoms with E-state index in [1.54, 1.807) is 11.0 Å². The first kappa shape index (κ1) is 17.0. The molecular weight excluding hydrogens is 302 g/mol. The Balaban J connectivity index is 1.57. The van der Waals surface area contributed by atoms with E-state index in [9.17, 15) is 0 Å². The van der Waals surface area contributed by atoms with Gasteiger partial charge in [-0.1, -0.05) is 26.0 Å². The molecule has 2 aromatic rings. The molecule has 2 heterocycles. The molecule has 1 fully saturated rings. The van der Waals surface area contributed by atoms with Gasteiger partial charge in [-0.15, -0.1) is 5.10 Å². The molecule has 0 aliphatic carbocycles. The van der Waals surface area contributed by atoms with Gasteiger partial charge in [-0.2, -0.15) is 0 Å². The summed E-state index contributed by atoms with van der Waals surface area (Å²) in [5, 5.41) is 14.9. The summed E-state index contributed by atoms with van der Waals surface area (Å²) in [4.78, 5) is 0. The van der Waals surface area contributed by atoms with Gasteiger partial charge in [0.2, 0.25) is 0 Å². The lowest BCUT2D eigenvalue weighted by Crippen LogP contribution is -2.40. The molecule has 0 spiro atoms. The molecule has 0 saturated carbocycles. The zero-order chi connectivity index (χ0) is 16.9. The molecule has 1 N–H and O–H groups in total. The normalized spacial score (nSPS) is 22.7. The second kappa shape index (κ2) is 7.85. The minimum absolute atomic E-state index is 0.308. The third-order valence-corrected chi connectivity index (χ3v) is 4.84. The summed E-state index contributed by atoms with van der Waals surface area (Å²) in [5.74, 6) is 1.17. The van der Waals surface area contributed by atoms with Gasteiger partial charge in [0.1, 0.15) is 6.33 Å². The largest absolute Gasteiger partial charge is 0.378 e. The van der Waals surface area contributed by atoms with Crippen molar-refractivity contribution in [2.75, 3.05) is 13.2 Å². The molecular formula is C18H27N5O. The monoisotopic (exact) mass is 329 g/mol. The summed E-state index contributed by atoms with van der Waals surface area (Å²) in [6.07, 6.45) is 4.40. The predicted octanol–water partition coefficient (Wildman–Crippen LogP) is 2.76. The first-order valence-electron chi connectivity index (χ1n) is 8.83. The van der Waals surface area contributed by atoms with Crippen LogP contribution in [-0.2, 0) is 4.74 Å². The Morgan fingerprint density at radius 3 is 2.71 bits per heavy atom. The van der Waals surface area contributed by atoms with Crippen molar-refractivity contribution in [3.8, 4) is 5.69 Å². The van der Waals surface area contributed by atoms with Gasteiger partial charge in [0, 0.05) is 19.2 Å². The number of nitrogens with one attached hydrogen (secondary N) is 1. The molecule has 1 aromatic carbocycles. The first-order chi connectivity index (χ1) is 11.6. The van der Waals surface area contributed by atoms with Crippen LogP contribution in [0.15, 0.2) is 30.6 Å². The lowest BCUT2D eigenvalue weighted by atomic mass is 9.87. The lowest BCUT2D eigenvalue weighted by Gasteiger charge is -2.35. The van der Waals surface area contributed by atoms with E-state index in [-0.39, 0.29) is 0 Å². The Kier molecular flexibility index (Phi) is 5.58. The average molecular weight is 329 g/mol. The fraction of sp³-hybridized carbons (Fsp3) is 0.611. The Hall–Kier alpha value is -1.79. The van der Waals surface area contributed by atoms with Crippen molar-refractivity contribution in [2.45, 2.75) is 45.8 Å². The highest BCUT2D eigenvalue weighted by Gasteiger charge is 2.28. The molecule has 1 saturated heterocycles. The van der Waals surface area contributed by atoms with Gasteiger partial charge in [-0.3, -0.25) is 0 Å². The summed E-state index contributed by atoms with van der Waals surface area (Å²) in [6, 6.07) is 8.66. The minimum Gasteiger partial charge on any atom is -0.378 e. The smallest absolute Gasteiger partial charge is 0.143 e. The Morgan fingerprint density at radius 1 is 1.25 bits per heavy atom. The number of rotatable bonds is 6. The van der Waals surface area contributed by atoms with Gasteiger partial charge in [-0.25, -0.2) is 4.68 Å². The van der Waals surface area contributed by atoms with Gasteiger partial charge in [-0.05, 0) is 59.7 Å². The van der Waals surface area contributed by atoms with E-state index in [0.29, 0.717) is 24.0 Å². The fourth-order valence-electron chi connectivity index (χ4n) is 3.46. The molecule has 6 nitrogen and oxygen atoms in total. The molecule has 1 aliphatic heterocycles. The van der Waals surface area contributed by atoms with Crippen molar-refractivity contribution in [1.29, 1.82) is 0 Å². The number of ether oxygens (including phenoxy) is 1. The van der Waals surface area contributed by atoms with E-state index in [1.165, 1.54) is 18.4 Å². The predicted molar refractivity (Wildman–Crippen MR) is 92.9 cm³/mol. The molecule has 130 valence electrons. The van der Waals surface area contributed by atoms with E-state index in [0.717, 1.165) is 18.8 Å². The zero-order valence-electron chi connectivity index (χ0n) is 14.7. The van der Waals surface area contributed by atoms with Crippen LogP contribution in [0.3, 0.4) is 0 Å². The van der Waals surface area contributed by atoms with Crippen LogP contribution in [0.4, 0.5) is 0 Å². The number of hydrogen-bond donors (Lipinski definition) is 1.